The fourth-order valence-electron chi connectivity index (χ4n) is 2.37. The first kappa shape index (κ1) is 13.8. The molecule has 1 aromatic rings. The normalized spacial score (nSPS) is 24.5. The van der Waals surface area contributed by atoms with Crippen molar-refractivity contribution in [1.29, 1.82) is 0 Å². The summed E-state index contributed by atoms with van der Waals surface area (Å²) in [6.07, 6.45) is 2.80. The highest BCUT2D eigenvalue weighted by molar-refractivity contribution is 6.23. The third-order valence-corrected chi connectivity index (χ3v) is 3.51. The minimum absolute atomic E-state index is 0.123. The zero-order chi connectivity index (χ0) is 14.7. The number of esters is 1. The Kier molecular flexibility index (Phi) is 3.96. The molecule has 0 spiro atoms. The third-order valence-electron chi connectivity index (χ3n) is 3.51. The number of aromatic nitrogens is 1. The number of ketones is 1. The van der Waals surface area contributed by atoms with E-state index in [-0.39, 0.29) is 11.4 Å². The van der Waals surface area contributed by atoms with Crippen LogP contribution in [0.1, 0.15) is 5.69 Å². The van der Waals surface area contributed by atoms with Gasteiger partial charge in [-0.05, 0) is 12.1 Å². The number of morpholine rings is 1. The molecule has 110 valence electrons. The van der Waals surface area contributed by atoms with Crippen LogP contribution >= 0.6 is 0 Å². The van der Waals surface area contributed by atoms with E-state index in [1.165, 1.54) is 0 Å². The van der Waals surface area contributed by atoms with Crippen molar-refractivity contribution in [2.24, 2.45) is 0 Å². The van der Waals surface area contributed by atoms with E-state index >= 15 is 0 Å². The molecule has 0 bridgehead atoms. The standard InChI is InChI=1S/C15H16N2O4/c18-14-12(10-17-5-7-20-8-6-17)15(19)21-13(14)9-11-3-1-2-4-16-11/h1-4,10,13H,5-9H2/b12-10-. The molecule has 0 aliphatic carbocycles. The van der Waals surface area contributed by atoms with Gasteiger partial charge in [-0.3, -0.25) is 9.78 Å². The van der Waals surface area contributed by atoms with Gasteiger partial charge in [-0.2, -0.15) is 0 Å². The first-order valence-corrected chi connectivity index (χ1v) is 6.93. The van der Waals surface area contributed by atoms with E-state index < -0.39 is 12.1 Å². The Labute approximate surface area is 122 Å². The maximum Gasteiger partial charge on any atom is 0.344 e. The molecule has 0 radical (unpaired) electrons. The highest BCUT2D eigenvalue weighted by Gasteiger charge is 2.39. The van der Waals surface area contributed by atoms with Crippen molar-refractivity contribution in [1.82, 2.24) is 9.88 Å². The summed E-state index contributed by atoms with van der Waals surface area (Å²) < 4.78 is 10.4. The molecule has 0 saturated carbocycles. The Morgan fingerprint density at radius 2 is 2.10 bits per heavy atom. The van der Waals surface area contributed by atoms with E-state index in [0.29, 0.717) is 32.7 Å². The topological polar surface area (TPSA) is 68.7 Å². The van der Waals surface area contributed by atoms with E-state index in [0.717, 1.165) is 5.69 Å². The minimum atomic E-state index is -0.764. The Bertz CT molecular complexity index is 564. The van der Waals surface area contributed by atoms with E-state index in [1.807, 2.05) is 17.0 Å². The molecule has 1 atom stereocenters. The van der Waals surface area contributed by atoms with Crippen LogP contribution in [0.25, 0.3) is 0 Å². The number of cyclic esters (lactones) is 1. The second-order valence-corrected chi connectivity index (χ2v) is 4.97. The molecule has 0 aromatic carbocycles. The van der Waals surface area contributed by atoms with Gasteiger partial charge in [0.1, 0.15) is 5.57 Å². The molecule has 2 aliphatic heterocycles. The van der Waals surface area contributed by atoms with Crippen LogP contribution in [0.4, 0.5) is 0 Å². The lowest BCUT2D eigenvalue weighted by Gasteiger charge is -2.25. The second kappa shape index (κ2) is 6.05. The third kappa shape index (κ3) is 3.11. The number of carbonyl (C=O) groups is 2. The highest BCUT2D eigenvalue weighted by atomic mass is 16.6. The van der Waals surface area contributed by atoms with E-state index in [4.69, 9.17) is 9.47 Å². The van der Waals surface area contributed by atoms with Gasteiger partial charge in [-0.25, -0.2) is 4.79 Å². The molecule has 3 heterocycles. The van der Waals surface area contributed by atoms with Crippen LogP contribution in [0.5, 0.6) is 0 Å². The maximum absolute atomic E-state index is 12.3. The van der Waals surface area contributed by atoms with Crippen molar-refractivity contribution >= 4 is 11.8 Å². The lowest BCUT2D eigenvalue weighted by molar-refractivity contribution is -0.140. The summed E-state index contributed by atoms with van der Waals surface area (Å²) in [5.74, 6) is -0.815. The fourth-order valence-corrected chi connectivity index (χ4v) is 2.37. The lowest BCUT2D eigenvalue weighted by Crippen LogP contribution is -2.33. The van der Waals surface area contributed by atoms with Crippen molar-refractivity contribution in [2.75, 3.05) is 26.3 Å². The number of carbonyl (C=O) groups excluding carboxylic acids is 2. The number of rotatable bonds is 3. The predicted molar refractivity (Wildman–Crippen MR) is 73.3 cm³/mol. The van der Waals surface area contributed by atoms with Crippen molar-refractivity contribution in [3.05, 3.63) is 41.9 Å². The van der Waals surface area contributed by atoms with Crippen molar-refractivity contribution < 1.29 is 19.1 Å². The quantitative estimate of drug-likeness (QED) is 0.454. The Balaban J connectivity index is 1.71. The summed E-state index contributed by atoms with van der Waals surface area (Å²) >= 11 is 0. The molecule has 1 aromatic heterocycles. The summed E-state index contributed by atoms with van der Waals surface area (Å²) in [5, 5.41) is 0. The molecule has 2 saturated heterocycles. The molecule has 6 nitrogen and oxygen atoms in total. The summed E-state index contributed by atoms with van der Waals surface area (Å²) in [7, 11) is 0. The predicted octanol–water partition coefficient (Wildman–Crippen LogP) is 0.335. The van der Waals surface area contributed by atoms with Crippen molar-refractivity contribution in [2.45, 2.75) is 12.5 Å². The number of Topliss-reactive ketones (excluding diaryl/α,β-unsaturated/α-hetero) is 1. The number of pyridine rings is 1. The summed E-state index contributed by atoms with van der Waals surface area (Å²) in [4.78, 5) is 30.2. The Morgan fingerprint density at radius 1 is 1.29 bits per heavy atom. The van der Waals surface area contributed by atoms with Crippen molar-refractivity contribution in [3.8, 4) is 0 Å². The van der Waals surface area contributed by atoms with Gasteiger partial charge in [-0.15, -0.1) is 0 Å². The average Bonchev–Trinajstić information content (AvgIpc) is 2.77. The van der Waals surface area contributed by atoms with Gasteiger partial charge in [0.25, 0.3) is 0 Å². The van der Waals surface area contributed by atoms with Crippen LogP contribution in [0.2, 0.25) is 0 Å². The smallest absolute Gasteiger partial charge is 0.344 e. The van der Waals surface area contributed by atoms with Crippen LogP contribution in [-0.2, 0) is 25.5 Å². The van der Waals surface area contributed by atoms with E-state index in [9.17, 15) is 9.59 Å². The highest BCUT2D eigenvalue weighted by Crippen LogP contribution is 2.20. The van der Waals surface area contributed by atoms with E-state index in [2.05, 4.69) is 4.98 Å². The van der Waals surface area contributed by atoms with E-state index in [1.54, 1.807) is 18.5 Å². The largest absolute Gasteiger partial charge is 0.450 e. The van der Waals surface area contributed by atoms with Gasteiger partial charge in [0.05, 0.1) is 13.2 Å². The number of ether oxygens (including phenoxy) is 2. The maximum atomic E-state index is 12.3. The van der Waals surface area contributed by atoms with Gasteiger partial charge in [0, 0.05) is 37.6 Å². The Hall–Kier alpha value is -2.21. The Morgan fingerprint density at radius 3 is 2.81 bits per heavy atom. The summed E-state index contributed by atoms with van der Waals surface area (Å²) in [6.45, 7) is 2.55. The monoisotopic (exact) mass is 288 g/mol. The molecule has 1 unspecified atom stereocenters. The van der Waals surface area contributed by atoms with Crippen LogP contribution in [0.15, 0.2) is 36.2 Å². The molecule has 0 N–H and O–H groups in total. The number of hydrogen-bond donors (Lipinski definition) is 0. The van der Waals surface area contributed by atoms with Crippen LogP contribution in [-0.4, -0.2) is 54.0 Å². The SMILES string of the molecule is O=C1OC(Cc2ccccn2)C(=O)/C1=C/N1CCOCC1. The molecule has 6 heteroatoms. The van der Waals surface area contributed by atoms with Crippen LogP contribution < -0.4 is 0 Å². The molecule has 2 aliphatic rings. The van der Waals surface area contributed by atoms with Crippen LogP contribution in [0, 0.1) is 0 Å². The number of hydrogen-bond acceptors (Lipinski definition) is 6. The van der Waals surface area contributed by atoms with Gasteiger partial charge in [0.2, 0.25) is 5.78 Å². The lowest BCUT2D eigenvalue weighted by atomic mass is 10.1. The van der Waals surface area contributed by atoms with Gasteiger partial charge < -0.3 is 14.4 Å². The molecular formula is C15H16N2O4. The second-order valence-electron chi connectivity index (χ2n) is 4.97. The molecule has 21 heavy (non-hydrogen) atoms. The molecule has 3 rings (SSSR count). The molecule has 0 amide bonds. The minimum Gasteiger partial charge on any atom is -0.450 e. The summed E-state index contributed by atoms with van der Waals surface area (Å²) in [6, 6.07) is 5.45. The van der Waals surface area contributed by atoms with Gasteiger partial charge >= 0.3 is 5.97 Å². The zero-order valence-corrected chi connectivity index (χ0v) is 11.5. The fraction of sp³-hybridized carbons (Fsp3) is 0.400. The van der Waals surface area contributed by atoms with Gasteiger partial charge in [0.15, 0.2) is 6.10 Å². The first-order valence-electron chi connectivity index (χ1n) is 6.93. The van der Waals surface area contributed by atoms with Crippen molar-refractivity contribution in [3.63, 3.8) is 0 Å². The van der Waals surface area contributed by atoms with Crippen LogP contribution in [0.3, 0.4) is 0 Å². The average molecular weight is 288 g/mol. The molecular weight excluding hydrogens is 272 g/mol. The number of nitrogens with zero attached hydrogens (tertiary/aromatic N) is 2. The zero-order valence-electron chi connectivity index (χ0n) is 11.5. The molecule has 2 fully saturated rings. The summed E-state index contributed by atoms with van der Waals surface area (Å²) in [5.41, 5.74) is 0.856. The van der Waals surface area contributed by atoms with Gasteiger partial charge in [-0.1, -0.05) is 6.07 Å². The first-order chi connectivity index (χ1) is 10.2.